The van der Waals surface area contributed by atoms with Crippen LogP contribution < -0.4 is 10.4 Å². The molecule has 1 aromatic carbocycles. The summed E-state index contributed by atoms with van der Waals surface area (Å²) in [5.41, 5.74) is 1.49. The Morgan fingerprint density at radius 2 is 1.59 bits per heavy atom. The lowest BCUT2D eigenvalue weighted by Gasteiger charge is -2.48. The highest BCUT2D eigenvalue weighted by Gasteiger charge is 2.57. The fourth-order valence-corrected chi connectivity index (χ4v) is 7.30. The summed E-state index contributed by atoms with van der Waals surface area (Å²) in [5, 5.41) is 9.84. The molecule has 8 nitrogen and oxygen atoms in total. The number of carbonyl (C=O) groups is 2. The number of nitrogens with zero attached hydrogens (tertiary/aromatic N) is 3. The van der Waals surface area contributed by atoms with Crippen LogP contribution >= 0.6 is 0 Å². The molecular formula is C30H44BN3O5. The first-order chi connectivity index (χ1) is 18.4. The van der Waals surface area contributed by atoms with E-state index in [9.17, 15) is 14.7 Å². The molecule has 0 unspecified atom stereocenters. The van der Waals surface area contributed by atoms with E-state index in [0.29, 0.717) is 32.0 Å². The van der Waals surface area contributed by atoms with Crippen LogP contribution in [0.2, 0.25) is 0 Å². The molecular weight excluding hydrogens is 493 g/mol. The van der Waals surface area contributed by atoms with Gasteiger partial charge in [-0.15, -0.1) is 0 Å². The third-order valence-electron chi connectivity index (χ3n) is 10.6. The molecule has 1 aliphatic carbocycles. The van der Waals surface area contributed by atoms with Gasteiger partial charge in [0.25, 0.3) is 5.91 Å². The highest BCUT2D eigenvalue weighted by Crippen LogP contribution is 2.51. The third kappa shape index (κ3) is 4.35. The van der Waals surface area contributed by atoms with E-state index >= 15 is 0 Å². The Balaban J connectivity index is 1.30. The summed E-state index contributed by atoms with van der Waals surface area (Å²) in [6.07, 6.45) is 6.01. The number of hydrogen-bond acceptors (Lipinski definition) is 6. The van der Waals surface area contributed by atoms with Gasteiger partial charge in [0.15, 0.2) is 0 Å². The summed E-state index contributed by atoms with van der Waals surface area (Å²) in [6, 6.07) is 7.05. The van der Waals surface area contributed by atoms with Crippen LogP contribution in [0.25, 0.3) is 0 Å². The van der Waals surface area contributed by atoms with Crippen molar-refractivity contribution >= 4 is 30.1 Å². The van der Waals surface area contributed by atoms with Crippen LogP contribution in [0.4, 0.5) is 5.69 Å². The molecule has 2 amide bonds. The number of likely N-dealkylation sites (tertiary alicyclic amines) is 2. The number of benzene rings is 1. The molecule has 212 valence electrons. The Morgan fingerprint density at radius 3 is 2.18 bits per heavy atom. The quantitative estimate of drug-likeness (QED) is 0.595. The van der Waals surface area contributed by atoms with Crippen LogP contribution in [0, 0.1) is 0 Å². The summed E-state index contributed by atoms with van der Waals surface area (Å²) in [5.74, 6) is -0.0818. The second-order valence-corrected chi connectivity index (χ2v) is 13.5. The first-order valence-corrected chi connectivity index (χ1v) is 15.0. The van der Waals surface area contributed by atoms with Crippen LogP contribution in [0.1, 0.15) is 85.1 Å². The predicted molar refractivity (Wildman–Crippen MR) is 151 cm³/mol. The lowest BCUT2D eigenvalue weighted by molar-refractivity contribution is -0.142. The smallest absolute Gasteiger partial charge is 0.399 e. The van der Waals surface area contributed by atoms with Crippen LogP contribution in [-0.2, 0) is 24.3 Å². The minimum Gasteiger partial charge on any atom is -0.399 e. The lowest BCUT2D eigenvalue weighted by Crippen LogP contribution is -2.58. The number of fused-ring (bicyclic) bond motifs is 2. The molecule has 1 spiro atoms. The molecule has 1 N–H and O–H groups in total. The van der Waals surface area contributed by atoms with Crippen molar-refractivity contribution in [2.24, 2.45) is 0 Å². The zero-order valence-electron chi connectivity index (χ0n) is 24.2. The largest absolute Gasteiger partial charge is 0.494 e. The van der Waals surface area contributed by atoms with Gasteiger partial charge in [-0.2, -0.15) is 0 Å². The van der Waals surface area contributed by atoms with Crippen LogP contribution in [0.5, 0.6) is 0 Å². The van der Waals surface area contributed by atoms with Gasteiger partial charge >= 0.3 is 7.12 Å². The van der Waals surface area contributed by atoms with E-state index in [0.717, 1.165) is 29.6 Å². The summed E-state index contributed by atoms with van der Waals surface area (Å²) in [7, 11) is -0.484. The Kier molecular flexibility index (Phi) is 6.69. The Hall–Kier alpha value is -1.94. The minimum atomic E-state index is -1.02. The molecule has 0 radical (unpaired) electrons. The molecule has 3 saturated heterocycles. The number of piperidine rings is 2. The monoisotopic (exact) mass is 537 g/mol. The molecule has 9 heteroatoms. The van der Waals surface area contributed by atoms with Crippen molar-refractivity contribution in [1.29, 1.82) is 0 Å². The predicted octanol–water partition coefficient (Wildman–Crippen LogP) is 2.59. The van der Waals surface area contributed by atoms with E-state index in [-0.39, 0.29) is 17.9 Å². The second kappa shape index (κ2) is 9.57. The molecule has 39 heavy (non-hydrogen) atoms. The first kappa shape index (κ1) is 27.2. The van der Waals surface area contributed by atoms with E-state index in [4.69, 9.17) is 9.31 Å². The van der Waals surface area contributed by atoms with E-state index in [1.807, 2.05) is 0 Å². The molecule has 0 aromatic heterocycles. The fraction of sp³-hybridized carbons (Fsp3) is 0.733. The number of aliphatic hydroxyl groups excluding tert-OH is 1. The minimum absolute atomic E-state index is 0.176. The van der Waals surface area contributed by atoms with Crippen molar-refractivity contribution in [3.05, 3.63) is 23.8 Å². The molecule has 4 heterocycles. The van der Waals surface area contributed by atoms with Gasteiger partial charge in [-0.25, -0.2) is 0 Å². The molecule has 0 bridgehead atoms. The zero-order chi connectivity index (χ0) is 27.7. The highest BCUT2D eigenvalue weighted by atomic mass is 16.7. The van der Waals surface area contributed by atoms with E-state index in [1.165, 1.54) is 39.3 Å². The van der Waals surface area contributed by atoms with Crippen molar-refractivity contribution < 1.29 is 24.0 Å². The van der Waals surface area contributed by atoms with Gasteiger partial charge in [-0.1, -0.05) is 18.6 Å². The number of anilines is 1. The normalized spacial score (nSPS) is 30.4. The van der Waals surface area contributed by atoms with Gasteiger partial charge in [-0.3, -0.25) is 9.59 Å². The van der Waals surface area contributed by atoms with Crippen molar-refractivity contribution in [3.63, 3.8) is 0 Å². The zero-order valence-corrected chi connectivity index (χ0v) is 24.2. The van der Waals surface area contributed by atoms with E-state index < -0.39 is 29.8 Å². The van der Waals surface area contributed by atoms with Crippen molar-refractivity contribution in [1.82, 2.24) is 9.80 Å². The standard InChI is InChI=1S/C30H44BN3O5/c1-20(35)26(36)33-15-11-30(12-16-33)24-10-9-21(31-38-28(2,3)29(4,5)39-31)17-25(24)34(27(30)37)23-18-22(19-23)32-13-7-6-8-14-32/h9-10,17,20,22-23,35H,6-8,11-16,18-19H2,1-5H3/t20-,22-,23+/m0/s1. The van der Waals surface area contributed by atoms with E-state index in [1.54, 1.807) is 4.90 Å². The highest BCUT2D eigenvalue weighted by molar-refractivity contribution is 6.62. The van der Waals surface area contributed by atoms with Gasteiger partial charge in [0.2, 0.25) is 5.91 Å². The molecule has 1 saturated carbocycles. The molecule has 1 aromatic rings. The Morgan fingerprint density at radius 1 is 0.974 bits per heavy atom. The molecule has 6 rings (SSSR count). The molecule has 4 aliphatic heterocycles. The number of carbonyl (C=O) groups excluding carboxylic acids is 2. The van der Waals surface area contributed by atoms with Gasteiger partial charge in [-0.05, 0) is 103 Å². The topological polar surface area (TPSA) is 82.6 Å². The molecule has 1 atom stereocenters. The maximum Gasteiger partial charge on any atom is 0.494 e. The first-order valence-electron chi connectivity index (χ1n) is 15.0. The average Bonchev–Trinajstić information content (AvgIpc) is 3.24. The van der Waals surface area contributed by atoms with E-state index in [2.05, 4.69) is 55.7 Å². The maximum absolute atomic E-state index is 14.4. The van der Waals surface area contributed by atoms with Crippen molar-refractivity contribution in [3.8, 4) is 0 Å². The van der Waals surface area contributed by atoms with Gasteiger partial charge in [0.1, 0.15) is 6.10 Å². The van der Waals surface area contributed by atoms with Crippen molar-refractivity contribution in [2.75, 3.05) is 31.1 Å². The van der Waals surface area contributed by atoms with Crippen LogP contribution in [0.15, 0.2) is 18.2 Å². The molecule has 5 aliphatic rings. The Labute approximate surface area is 233 Å². The fourth-order valence-electron chi connectivity index (χ4n) is 7.30. The van der Waals surface area contributed by atoms with Crippen molar-refractivity contribution in [2.45, 2.75) is 114 Å². The van der Waals surface area contributed by atoms with Gasteiger partial charge in [0.05, 0.1) is 16.6 Å². The lowest BCUT2D eigenvalue weighted by atomic mass is 9.71. The molecule has 4 fully saturated rings. The second-order valence-electron chi connectivity index (χ2n) is 13.5. The Bertz CT molecular complexity index is 1120. The summed E-state index contributed by atoms with van der Waals surface area (Å²) >= 11 is 0. The summed E-state index contributed by atoms with van der Waals surface area (Å²) < 4.78 is 12.7. The average molecular weight is 538 g/mol. The summed E-state index contributed by atoms with van der Waals surface area (Å²) in [6.45, 7) is 13.0. The SMILES string of the molecule is C[C@H](O)C(=O)N1CCC2(CC1)C(=O)N([C@H]1C[C@@H](N3CCCCC3)C1)c1cc(B3OC(C)(C)C(C)(C)O3)ccc12. The van der Waals surface area contributed by atoms with Gasteiger partial charge < -0.3 is 29.1 Å². The summed E-state index contributed by atoms with van der Waals surface area (Å²) in [4.78, 5) is 33.3. The van der Waals surface area contributed by atoms with Crippen LogP contribution in [-0.4, -0.2) is 89.4 Å². The number of rotatable bonds is 4. The van der Waals surface area contributed by atoms with Gasteiger partial charge in [0, 0.05) is 30.9 Å². The number of amides is 2. The third-order valence-corrected chi connectivity index (χ3v) is 10.6. The van der Waals surface area contributed by atoms with Crippen LogP contribution in [0.3, 0.4) is 0 Å². The number of hydrogen-bond donors (Lipinski definition) is 1. The number of aliphatic hydroxyl groups is 1. The maximum atomic E-state index is 14.4.